The summed E-state index contributed by atoms with van der Waals surface area (Å²) in [5.41, 5.74) is 0.181. The molecular formula is C14H13FN6O2S. The molecule has 4 rings (SSSR count). The number of para-hydroxylation sites is 1. The molecule has 0 amide bonds. The molecule has 24 heavy (non-hydrogen) atoms. The summed E-state index contributed by atoms with van der Waals surface area (Å²) >= 11 is 0. The fraction of sp³-hybridized carbons (Fsp3) is 0.214. The van der Waals surface area contributed by atoms with E-state index in [2.05, 4.69) is 15.2 Å². The monoisotopic (exact) mass is 348 g/mol. The van der Waals surface area contributed by atoms with E-state index in [4.69, 9.17) is 0 Å². The van der Waals surface area contributed by atoms with Crippen LogP contribution in [0.15, 0.2) is 47.9 Å². The quantitative estimate of drug-likeness (QED) is 0.710. The number of rotatable bonds is 3. The topological polar surface area (TPSA) is 85.9 Å². The molecule has 0 saturated heterocycles. The lowest BCUT2D eigenvalue weighted by Crippen LogP contribution is -2.37. The van der Waals surface area contributed by atoms with Crippen LogP contribution >= 0.6 is 0 Å². The van der Waals surface area contributed by atoms with Crippen LogP contribution in [0.2, 0.25) is 0 Å². The lowest BCUT2D eigenvalue weighted by Gasteiger charge is -2.26. The van der Waals surface area contributed by atoms with Gasteiger partial charge in [0.2, 0.25) is 5.95 Å². The number of hydrogen-bond acceptors (Lipinski definition) is 5. The fourth-order valence-electron chi connectivity index (χ4n) is 2.64. The van der Waals surface area contributed by atoms with E-state index in [0.717, 1.165) is 0 Å². The van der Waals surface area contributed by atoms with E-state index < -0.39 is 15.8 Å². The SMILES string of the molecule is O=S(=O)(c1cnn(-c2ccccc2F)c1)N1CCCn2ncnc21. The first kappa shape index (κ1) is 14.8. The molecule has 1 aromatic carbocycles. The van der Waals surface area contributed by atoms with Crippen molar-refractivity contribution in [3.05, 3.63) is 48.8 Å². The summed E-state index contributed by atoms with van der Waals surface area (Å²) in [5, 5.41) is 7.99. The fourth-order valence-corrected chi connectivity index (χ4v) is 4.03. The first-order chi connectivity index (χ1) is 11.6. The van der Waals surface area contributed by atoms with Crippen molar-refractivity contribution in [1.29, 1.82) is 0 Å². The van der Waals surface area contributed by atoms with Gasteiger partial charge in [-0.15, -0.1) is 0 Å². The molecule has 0 radical (unpaired) electrons. The third-order valence-electron chi connectivity index (χ3n) is 3.80. The van der Waals surface area contributed by atoms with Gasteiger partial charge in [0.15, 0.2) is 0 Å². The lowest BCUT2D eigenvalue weighted by atomic mass is 10.3. The second-order valence-electron chi connectivity index (χ2n) is 5.29. The number of nitrogens with zero attached hydrogens (tertiary/aromatic N) is 6. The second-order valence-corrected chi connectivity index (χ2v) is 7.15. The van der Waals surface area contributed by atoms with Crippen LogP contribution in [0.4, 0.5) is 10.3 Å². The minimum Gasteiger partial charge on any atom is -0.237 e. The molecule has 2 aromatic heterocycles. The molecule has 10 heteroatoms. The van der Waals surface area contributed by atoms with E-state index in [-0.39, 0.29) is 16.5 Å². The van der Waals surface area contributed by atoms with Crippen molar-refractivity contribution in [2.45, 2.75) is 17.9 Å². The van der Waals surface area contributed by atoms with Crippen molar-refractivity contribution in [1.82, 2.24) is 24.5 Å². The number of aryl methyl sites for hydroxylation is 1. The molecule has 0 saturated carbocycles. The summed E-state index contributed by atoms with van der Waals surface area (Å²) in [4.78, 5) is 3.99. The van der Waals surface area contributed by atoms with Gasteiger partial charge < -0.3 is 0 Å². The third-order valence-corrected chi connectivity index (χ3v) is 5.53. The Morgan fingerprint density at radius 2 is 1.96 bits per heavy atom. The van der Waals surface area contributed by atoms with Gasteiger partial charge in [0, 0.05) is 13.1 Å². The lowest BCUT2D eigenvalue weighted by molar-refractivity contribution is 0.529. The van der Waals surface area contributed by atoms with E-state index in [1.807, 2.05) is 0 Å². The molecule has 0 spiro atoms. The Kier molecular flexibility index (Phi) is 3.34. The summed E-state index contributed by atoms with van der Waals surface area (Å²) in [7, 11) is -3.84. The Balaban J connectivity index is 1.74. The Hall–Kier alpha value is -2.75. The summed E-state index contributed by atoms with van der Waals surface area (Å²) in [5.74, 6) is -0.206. The van der Waals surface area contributed by atoms with Gasteiger partial charge in [0.25, 0.3) is 10.0 Å². The molecule has 0 bridgehead atoms. The van der Waals surface area contributed by atoms with Gasteiger partial charge in [0.05, 0.1) is 12.4 Å². The highest BCUT2D eigenvalue weighted by molar-refractivity contribution is 7.92. The maximum atomic E-state index is 13.8. The number of halogens is 1. The molecule has 0 unspecified atom stereocenters. The van der Waals surface area contributed by atoms with Crippen LogP contribution < -0.4 is 4.31 Å². The van der Waals surface area contributed by atoms with E-state index >= 15 is 0 Å². The van der Waals surface area contributed by atoms with Crippen LogP contribution in [-0.4, -0.2) is 39.5 Å². The summed E-state index contributed by atoms with van der Waals surface area (Å²) < 4.78 is 43.5. The number of fused-ring (bicyclic) bond motifs is 1. The number of hydrogen-bond donors (Lipinski definition) is 0. The van der Waals surface area contributed by atoms with Crippen molar-refractivity contribution >= 4 is 16.0 Å². The van der Waals surface area contributed by atoms with Gasteiger partial charge in [0.1, 0.15) is 22.7 Å². The van der Waals surface area contributed by atoms with E-state index in [0.29, 0.717) is 19.5 Å². The standard InChI is InChI=1S/C14H13FN6O2S/c15-12-4-1-2-5-13(12)20-9-11(8-17-20)24(22,23)21-7-3-6-19-14(21)16-10-18-19/h1-2,4-5,8-10H,3,6-7H2. The van der Waals surface area contributed by atoms with E-state index in [1.54, 1.807) is 16.8 Å². The number of anilines is 1. The Morgan fingerprint density at radius 3 is 2.79 bits per heavy atom. The van der Waals surface area contributed by atoms with Crippen LogP contribution in [0.5, 0.6) is 0 Å². The molecular weight excluding hydrogens is 335 g/mol. The minimum absolute atomic E-state index is 0.0257. The Bertz CT molecular complexity index is 996. The van der Waals surface area contributed by atoms with Crippen molar-refractivity contribution in [2.75, 3.05) is 10.8 Å². The molecule has 1 aliphatic rings. The van der Waals surface area contributed by atoms with E-state index in [9.17, 15) is 12.8 Å². The molecule has 124 valence electrons. The Labute approximate surface area is 137 Å². The van der Waals surface area contributed by atoms with Gasteiger partial charge in [-0.25, -0.2) is 26.5 Å². The maximum absolute atomic E-state index is 13.8. The van der Waals surface area contributed by atoms with Crippen molar-refractivity contribution in [3.8, 4) is 5.69 Å². The van der Waals surface area contributed by atoms with Gasteiger partial charge >= 0.3 is 0 Å². The van der Waals surface area contributed by atoms with Gasteiger partial charge in [-0.2, -0.15) is 15.2 Å². The van der Waals surface area contributed by atoms with Gasteiger partial charge in [-0.3, -0.25) is 0 Å². The van der Waals surface area contributed by atoms with Crippen LogP contribution in [0, 0.1) is 5.82 Å². The average molecular weight is 348 g/mol. The first-order valence-electron chi connectivity index (χ1n) is 7.27. The zero-order valence-electron chi connectivity index (χ0n) is 12.4. The van der Waals surface area contributed by atoms with Crippen molar-refractivity contribution in [3.63, 3.8) is 0 Å². The number of sulfonamides is 1. The first-order valence-corrected chi connectivity index (χ1v) is 8.71. The molecule has 3 heterocycles. The molecule has 0 N–H and O–H groups in total. The summed E-state index contributed by atoms with van der Waals surface area (Å²) in [6.07, 6.45) is 4.46. The van der Waals surface area contributed by atoms with Crippen LogP contribution in [0.3, 0.4) is 0 Å². The highest BCUT2D eigenvalue weighted by atomic mass is 32.2. The zero-order valence-corrected chi connectivity index (χ0v) is 13.3. The van der Waals surface area contributed by atoms with E-state index in [1.165, 1.54) is 39.8 Å². The maximum Gasteiger partial charge on any atom is 0.269 e. The highest BCUT2D eigenvalue weighted by Crippen LogP contribution is 2.25. The van der Waals surface area contributed by atoms with Crippen LogP contribution in [0.1, 0.15) is 6.42 Å². The smallest absolute Gasteiger partial charge is 0.237 e. The van der Waals surface area contributed by atoms with Crippen LogP contribution in [0.25, 0.3) is 5.69 Å². The normalized spacial score (nSPS) is 14.6. The molecule has 0 aliphatic carbocycles. The number of benzene rings is 1. The van der Waals surface area contributed by atoms with Crippen LogP contribution in [-0.2, 0) is 16.6 Å². The van der Waals surface area contributed by atoms with Gasteiger partial charge in [-0.1, -0.05) is 12.1 Å². The summed E-state index contributed by atoms with van der Waals surface area (Å²) in [6, 6.07) is 6.02. The average Bonchev–Trinajstić information content (AvgIpc) is 3.24. The summed E-state index contributed by atoms with van der Waals surface area (Å²) in [6.45, 7) is 0.932. The molecule has 0 fully saturated rings. The van der Waals surface area contributed by atoms with Crippen molar-refractivity contribution < 1.29 is 12.8 Å². The number of aromatic nitrogens is 5. The predicted molar refractivity (Wildman–Crippen MR) is 82.7 cm³/mol. The van der Waals surface area contributed by atoms with Crippen molar-refractivity contribution in [2.24, 2.45) is 0 Å². The molecule has 3 aromatic rings. The highest BCUT2D eigenvalue weighted by Gasteiger charge is 2.32. The Morgan fingerprint density at radius 1 is 1.12 bits per heavy atom. The molecule has 8 nitrogen and oxygen atoms in total. The predicted octanol–water partition coefficient (Wildman–Crippen LogP) is 1.20. The second kappa shape index (κ2) is 5.41. The third kappa shape index (κ3) is 2.26. The minimum atomic E-state index is -3.84. The largest absolute Gasteiger partial charge is 0.269 e. The molecule has 0 atom stereocenters. The molecule has 1 aliphatic heterocycles. The van der Waals surface area contributed by atoms with Gasteiger partial charge in [-0.05, 0) is 18.6 Å². The zero-order chi connectivity index (χ0) is 16.7.